The van der Waals surface area contributed by atoms with E-state index in [-0.39, 0.29) is 16.7 Å². The maximum absolute atomic E-state index is 11.1. The van der Waals surface area contributed by atoms with E-state index in [4.69, 9.17) is 0 Å². The first-order valence-electron chi connectivity index (χ1n) is 6.75. The van der Waals surface area contributed by atoms with Gasteiger partial charge in [-0.3, -0.25) is 10.1 Å². The van der Waals surface area contributed by atoms with Crippen LogP contribution in [-0.2, 0) is 0 Å². The highest BCUT2D eigenvalue weighted by atomic mass is 16.6. The van der Waals surface area contributed by atoms with Crippen LogP contribution in [-0.4, -0.2) is 15.9 Å². The zero-order chi connectivity index (χ0) is 14.0. The number of rotatable bonds is 3. The fourth-order valence-electron chi connectivity index (χ4n) is 2.90. The Balaban J connectivity index is 2.19. The highest BCUT2D eigenvalue weighted by Gasteiger charge is 2.29. The predicted molar refractivity (Wildman–Crippen MR) is 75.3 cm³/mol. The molecular weight excluding hydrogens is 242 g/mol. The molecule has 1 aromatic heterocycles. The summed E-state index contributed by atoms with van der Waals surface area (Å²) >= 11 is 0. The number of aryl methyl sites for hydroxylation is 1. The van der Waals surface area contributed by atoms with Crippen molar-refractivity contribution in [3.8, 4) is 0 Å². The van der Waals surface area contributed by atoms with E-state index < -0.39 is 0 Å². The van der Waals surface area contributed by atoms with Gasteiger partial charge in [-0.1, -0.05) is 20.3 Å². The molecule has 0 amide bonds. The molecule has 1 atom stereocenters. The van der Waals surface area contributed by atoms with Gasteiger partial charge in [0.2, 0.25) is 5.82 Å². The molecule has 1 aromatic rings. The van der Waals surface area contributed by atoms with Crippen molar-refractivity contribution in [3.63, 3.8) is 0 Å². The predicted octanol–water partition coefficient (Wildman–Crippen LogP) is 3.68. The van der Waals surface area contributed by atoms with Gasteiger partial charge in [-0.15, -0.1) is 0 Å². The van der Waals surface area contributed by atoms with Crippen LogP contribution in [0.2, 0.25) is 0 Å². The zero-order valence-corrected chi connectivity index (χ0v) is 11.8. The highest BCUT2D eigenvalue weighted by molar-refractivity contribution is 5.60. The Hall–Kier alpha value is -1.65. The lowest BCUT2D eigenvalue weighted by atomic mass is 9.75. The Labute approximate surface area is 113 Å². The molecule has 5 heteroatoms. The molecular formula is C14H21N3O2. The van der Waals surface area contributed by atoms with Crippen LogP contribution < -0.4 is 5.32 Å². The summed E-state index contributed by atoms with van der Waals surface area (Å²) in [5, 5.41) is 14.4. The first-order valence-corrected chi connectivity index (χ1v) is 6.75. The summed E-state index contributed by atoms with van der Waals surface area (Å²) in [7, 11) is 0. The van der Waals surface area contributed by atoms with Crippen molar-refractivity contribution in [1.29, 1.82) is 0 Å². The fourth-order valence-corrected chi connectivity index (χ4v) is 2.90. The third-order valence-corrected chi connectivity index (χ3v) is 3.85. The second-order valence-corrected chi connectivity index (χ2v) is 6.18. The molecule has 0 aliphatic heterocycles. The summed E-state index contributed by atoms with van der Waals surface area (Å²) in [6, 6.07) is 1.95. The Morgan fingerprint density at radius 1 is 1.53 bits per heavy atom. The van der Waals surface area contributed by atoms with Crippen LogP contribution in [0.5, 0.6) is 0 Å². The van der Waals surface area contributed by atoms with Crippen molar-refractivity contribution in [1.82, 2.24) is 4.98 Å². The molecule has 104 valence electrons. The molecule has 1 fully saturated rings. The SMILES string of the molecule is Cc1ccnc(NC2CCCC(C)(C)C2)c1[N+](=O)[O-]. The first-order chi connectivity index (χ1) is 8.89. The van der Waals surface area contributed by atoms with Crippen molar-refractivity contribution >= 4 is 11.5 Å². The second-order valence-electron chi connectivity index (χ2n) is 6.18. The molecule has 1 aliphatic rings. The van der Waals surface area contributed by atoms with Crippen molar-refractivity contribution in [2.24, 2.45) is 5.41 Å². The lowest BCUT2D eigenvalue weighted by molar-refractivity contribution is -0.384. The van der Waals surface area contributed by atoms with Crippen LogP contribution >= 0.6 is 0 Å². The Bertz CT molecular complexity index is 486. The van der Waals surface area contributed by atoms with Gasteiger partial charge < -0.3 is 5.32 Å². The molecule has 1 heterocycles. The van der Waals surface area contributed by atoms with Crippen molar-refractivity contribution in [3.05, 3.63) is 27.9 Å². The molecule has 1 N–H and O–H groups in total. The third-order valence-electron chi connectivity index (χ3n) is 3.85. The number of anilines is 1. The van der Waals surface area contributed by atoms with E-state index in [1.807, 2.05) is 0 Å². The number of nitro groups is 1. The van der Waals surface area contributed by atoms with Crippen LogP contribution in [0.4, 0.5) is 11.5 Å². The number of aromatic nitrogens is 1. The lowest BCUT2D eigenvalue weighted by Crippen LogP contribution is -2.32. The van der Waals surface area contributed by atoms with Gasteiger partial charge in [0.25, 0.3) is 0 Å². The number of nitrogens with one attached hydrogen (secondary N) is 1. The average Bonchev–Trinajstić information content (AvgIpc) is 2.26. The third kappa shape index (κ3) is 3.22. The van der Waals surface area contributed by atoms with Crippen molar-refractivity contribution in [2.75, 3.05) is 5.32 Å². The van der Waals surface area contributed by atoms with Gasteiger partial charge in [-0.25, -0.2) is 4.98 Å². The van der Waals surface area contributed by atoms with Crippen LogP contribution in [0, 0.1) is 22.5 Å². The molecule has 1 saturated carbocycles. The molecule has 2 rings (SSSR count). The summed E-state index contributed by atoms with van der Waals surface area (Å²) in [6.45, 7) is 6.24. The Morgan fingerprint density at radius 3 is 2.89 bits per heavy atom. The van der Waals surface area contributed by atoms with Gasteiger partial charge in [-0.2, -0.15) is 0 Å². The summed E-state index contributed by atoms with van der Waals surface area (Å²) in [6.07, 6.45) is 6.08. The monoisotopic (exact) mass is 263 g/mol. The quantitative estimate of drug-likeness (QED) is 0.667. The van der Waals surface area contributed by atoms with Gasteiger partial charge in [0.05, 0.1) is 4.92 Å². The van der Waals surface area contributed by atoms with Gasteiger partial charge in [0.15, 0.2) is 0 Å². The van der Waals surface area contributed by atoms with E-state index >= 15 is 0 Å². The first kappa shape index (κ1) is 13.8. The molecule has 1 aliphatic carbocycles. The minimum absolute atomic E-state index is 0.103. The van der Waals surface area contributed by atoms with Crippen LogP contribution in [0.3, 0.4) is 0 Å². The molecule has 0 bridgehead atoms. The number of pyridine rings is 1. The zero-order valence-electron chi connectivity index (χ0n) is 11.8. The molecule has 0 radical (unpaired) electrons. The lowest BCUT2D eigenvalue weighted by Gasteiger charge is -2.35. The van der Waals surface area contributed by atoms with Gasteiger partial charge in [-0.05, 0) is 37.7 Å². The summed E-state index contributed by atoms with van der Waals surface area (Å²) in [4.78, 5) is 14.9. The average molecular weight is 263 g/mol. The maximum Gasteiger partial charge on any atom is 0.314 e. The summed E-state index contributed by atoms with van der Waals surface area (Å²) < 4.78 is 0. The maximum atomic E-state index is 11.1. The van der Waals surface area contributed by atoms with E-state index in [2.05, 4.69) is 24.1 Å². The standard InChI is InChI=1S/C14H21N3O2/c1-10-6-8-15-13(12(10)17(18)19)16-11-5-4-7-14(2,3)9-11/h6,8,11H,4-5,7,9H2,1-3H3,(H,15,16). The van der Waals surface area contributed by atoms with Gasteiger partial charge in [0, 0.05) is 17.8 Å². The normalized spacial score (nSPS) is 21.9. The minimum Gasteiger partial charge on any atom is -0.362 e. The number of hydrogen-bond acceptors (Lipinski definition) is 4. The molecule has 0 spiro atoms. The van der Waals surface area contributed by atoms with E-state index in [0.717, 1.165) is 19.3 Å². The second kappa shape index (κ2) is 5.15. The van der Waals surface area contributed by atoms with Crippen molar-refractivity contribution < 1.29 is 4.92 Å². The molecule has 0 aromatic carbocycles. The van der Waals surface area contributed by atoms with Gasteiger partial charge in [0.1, 0.15) is 0 Å². The van der Waals surface area contributed by atoms with E-state index in [1.165, 1.54) is 6.42 Å². The van der Waals surface area contributed by atoms with Crippen molar-refractivity contribution in [2.45, 2.75) is 52.5 Å². The number of nitrogens with zero attached hydrogens (tertiary/aromatic N) is 2. The molecule has 5 nitrogen and oxygen atoms in total. The highest BCUT2D eigenvalue weighted by Crippen LogP contribution is 2.37. The fraction of sp³-hybridized carbons (Fsp3) is 0.643. The van der Waals surface area contributed by atoms with Crippen LogP contribution in [0.1, 0.15) is 45.1 Å². The smallest absolute Gasteiger partial charge is 0.314 e. The van der Waals surface area contributed by atoms with E-state index in [0.29, 0.717) is 16.8 Å². The van der Waals surface area contributed by atoms with Crippen LogP contribution in [0.25, 0.3) is 0 Å². The molecule has 0 saturated heterocycles. The Morgan fingerprint density at radius 2 is 2.26 bits per heavy atom. The number of hydrogen-bond donors (Lipinski definition) is 1. The Kier molecular flexibility index (Phi) is 3.73. The largest absolute Gasteiger partial charge is 0.362 e. The van der Waals surface area contributed by atoms with E-state index in [1.54, 1.807) is 19.2 Å². The molecule has 19 heavy (non-hydrogen) atoms. The van der Waals surface area contributed by atoms with Gasteiger partial charge >= 0.3 is 5.69 Å². The molecule has 1 unspecified atom stereocenters. The summed E-state index contributed by atoms with van der Waals surface area (Å²) in [5.41, 5.74) is 1.05. The van der Waals surface area contributed by atoms with E-state index in [9.17, 15) is 10.1 Å². The van der Waals surface area contributed by atoms with Crippen LogP contribution in [0.15, 0.2) is 12.3 Å². The summed E-state index contributed by atoms with van der Waals surface area (Å²) in [5.74, 6) is 0.410. The minimum atomic E-state index is -0.349. The topological polar surface area (TPSA) is 68.1 Å².